The predicted molar refractivity (Wildman–Crippen MR) is 96.3 cm³/mol. The van der Waals surface area contributed by atoms with Gasteiger partial charge in [0.05, 0.1) is 6.04 Å². The number of halogens is 1. The minimum absolute atomic E-state index is 0.191. The molecule has 0 radical (unpaired) electrons. The van der Waals surface area contributed by atoms with Crippen LogP contribution in [0.3, 0.4) is 0 Å². The van der Waals surface area contributed by atoms with Gasteiger partial charge in [-0.05, 0) is 25.0 Å². The van der Waals surface area contributed by atoms with Crippen molar-refractivity contribution in [1.82, 2.24) is 14.9 Å². The molecule has 1 aromatic heterocycles. The molecule has 3 unspecified atom stereocenters. The van der Waals surface area contributed by atoms with Crippen LogP contribution in [0.1, 0.15) is 18.9 Å². The highest BCUT2D eigenvalue weighted by Crippen LogP contribution is 2.27. The van der Waals surface area contributed by atoms with Crippen LogP contribution in [0.2, 0.25) is 0 Å². The maximum Gasteiger partial charge on any atom is 0.410 e. The molecule has 1 saturated heterocycles. The number of carbonyl (C=O) groups is 1. The zero-order chi connectivity index (χ0) is 18.4. The second-order valence-electron chi connectivity index (χ2n) is 6.42. The monoisotopic (exact) mass is 358 g/mol. The van der Waals surface area contributed by atoms with Gasteiger partial charge in [0.15, 0.2) is 0 Å². The Kier molecular flexibility index (Phi) is 5.99. The second kappa shape index (κ2) is 8.60. The maximum absolute atomic E-state index is 14.8. The molecule has 1 aliphatic heterocycles. The summed E-state index contributed by atoms with van der Waals surface area (Å²) in [5.74, 6) is 0.282. The third-order valence-corrected chi connectivity index (χ3v) is 4.67. The topological polar surface area (TPSA) is 67.4 Å². The lowest BCUT2D eigenvalue weighted by Gasteiger charge is -2.39. The lowest BCUT2D eigenvalue weighted by Crippen LogP contribution is -2.53. The van der Waals surface area contributed by atoms with Crippen molar-refractivity contribution < 1.29 is 13.9 Å². The number of rotatable bonds is 5. The molecule has 3 rings (SSSR count). The van der Waals surface area contributed by atoms with E-state index in [1.807, 2.05) is 30.3 Å². The highest BCUT2D eigenvalue weighted by molar-refractivity contribution is 5.68. The number of benzene rings is 1. The smallest absolute Gasteiger partial charge is 0.410 e. The molecule has 1 amide bonds. The molecule has 3 atom stereocenters. The number of hydrogen-bond acceptors (Lipinski definition) is 5. The molecule has 2 heterocycles. The van der Waals surface area contributed by atoms with E-state index in [0.29, 0.717) is 25.5 Å². The Labute approximate surface area is 152 Å². The maximum atomic E-state index is 14.8. The Morgan fingerprint density at radius 3 is 2.73 bits per heavy atom. The fourth-order valence-corrected chi connectivity index (χ4v) is 3.12. The van der Waals surface area contributed by atoms with Crippen molar-refractivity contribution in [3.63, 3.8) is 0 Å². The number of ether oxygens (including phenoxy) is 1. The molecule has 0 aliphatic carbocycles. The van der Waals surface area contributed by atoms with E-state index in [1.165, 1.54) is 4.90 Å². The molecule has 1 N–H and O–H groups in total. The molecule has 0 saturated carbocycles. The van der Waals surface area contributed by atoms with Crippen molar-refractivity contribution in [2.45, 2.75) is 32.2 Å². The molecule has 6 nitrogen and oxygen atoms in total. The largest absolute Gasteiger partial charge is 0.445 e. The number of nitrogens with zero attached hydrogens (tertiary/aromatic N) is 3. The van der Waals surface area contributed by atoms with Gasteiger partial charge in [-0.15, -0.1) is 0 Å². The molecule has 2 aromatic rings. The highest BCUT2D eigenvalue weighted by Gasteiger charge is 2.38. The van der Waals surface area contributed by atoms with Crippen LogP contribution in [0.5, 0.6) is 0 Å². The van der Waals surface area contributed by atoms with Gasteiger partial charge < -0.3 is 15.0 Å². The van der Waals surface area contributed by atoms with Crippen molar-refractivity contribution in [3.05, 3.63) is 54.4 Å². The van der Waals surface area contributed by atoms with Crippen LogP contribution in [0.4, 0.5) is 15.1 Å². The lowest BCUT2D eigenvalue weighted by atomic mass is 9.90. The van der Waals surface area contributed by atoms with Gasteiger partial charge in [-0.25, -0.2) is 19.2 Å². The van der Waals surface area contributed by atoms with Gasteiger partial charge in [0.25, 0.3) is 0 Å². The van der Waals surface area contributed by atoms with Gasteiger partial charge in [-0.3, -0.25) is 0 Å². The SMILES string of the molecule is CC1C(F)C(CNc2ncccn2)CCN1C(=O)OCc1ccccc1. The van der Waals surface area contributed by atoms with Crippen molar-refractivity contribution in [2.75, 3.05) is 18.4 Å². The summed E-state index contributed by atoms with van der Waals surface area (Å²) in [6.45, 7) is 2.81. The summed E-state index contributed by atoms with van der Waals surface area (Å²) in [5.41, 5.74) is 0.909. The quantitative estimate of drug-likeness (QED) is 0.888. The summed E-state index contributed by atoms with van der Waals surface area (Å²) in [7, 11) is 0. The number of amides is 1. The first-order valence-electron chi connectivity index (χ1n) is 8.77. The Morgan fingerprint density at radius 1 is 1.27 bits per heavy atom. The fourth-order valence-electron chi connectivity index (χ4n) is 3.12. The van der Waals surface area contributed by atoms with E-state index in [-0.39, 0.29) is 12.5 Å². The van der Waals surface area contributed by atoms with E-state index in [1.54, 1.807) is 25.4 Å². The third kappa shape index (κ3) is 4.47. The summed E-state index contributed by atoms with van der Waals surface area (Å²) in [4.78, 5) is 21.9. The summed E-state index contributed by atoms with van der Waals surface area (Å²) in [6, 6.07) is 10.6. The zero-order valence-corrected chi connectivity index (χ0v) is 14.7. The number of carbonyl (C=O) groups excluding carboxylic acids is 1. The van der Waals surface area contributed by atoms with Gasteiger partial charge in [-0.2, -0.15) is 0 Å². The minimum Gasteiger partial charge on any atom is -0.445 e. The molecule has 0 bridgehead atoms. The van der Waals surface area contributed by atoms with Crippen LogP contribution in [0.25, 0.3) is 0 Å². The van der Waals surface area contributed by atoms with Crippen LogP contribution in [-0.4, -0.2) is 46.3 Å². The van der Waals surface area contributed by atoms with Crippen molar-refractivity contribution in [3.8, 4) is 0 Å². The first-order chi connectivity index (χ1) is 12.6. The molecule has 1 aromatic carbocycles. The van der Waals surface area contributed by atoms with E-state index in [0.717, 1.165) is 5.56 Å². The summed E-state index contributed by atoms with van der Waals surface area (Å²) < 4.78 is 20.1. The second-order valence-corrected chi connectivity index (χ2v) is 6.42. The highest BCUT2D eigenvalue weighted by atomic mass is 19.1. The summed E-state index contributed by atoms with van der Waals surface area (Å²) in [5, 5.41) is 3.06. The summed E-state index contributed by atoms with van der Waals surface area (Å²) in [6.07, 6.45) is 2.23. The lowest BCUT2D eigenvalue weighted by molar-refractivity contribution is 0.0209. The number of aromatic nitrogens is 2. The molecular weight excluding hydrogens is 335 g/mol. The van der Waals surface area contributed by atoms with Gasteiger partial charge in [-0.1, -0.05) is 30.3 Å². The number of likely N-dealkylation sites (tertiary alicyclic amines) is 1. The van der Waals surface area contributed by atoms with Gasteiger partial charge in [0, 0.05) is 31.4 Å². The Bertz CT molecular complexity index is 701. The first-order valence-corrected chi connectivity index (χ1v) is 8.77. The van der Waals surface area contributed by atoms with Crippen LogP contribution < -0.4 is 5.32 Å². The Morgan fingerprint density at radius 2 is 2.00 bits per heavy atom. The van der Waals surface area contributed by atoms with Gasteiger partial charge >= 0.3 is 6.09 Å². The summed E-state index contributed by atoms with van der Waals surface area (Å²) >= 11 is 0. The van der Waals surface area contributed by atoms with Crippen LogP contribution in [0, 0.1) is 5.92 Å². The van der Waals surface area contributed by atoms with Crippen molar-refractivity contribution in [2.24, 2.45) is 5.92 Å². The molecule has 1 fully saturated rings. The average Bonchev–Trinajstić information content (AvgIpc) is 2.69. The first kappa shape index (κ1) is 18.1. The van der Waals surface area contributed by atoms with Gasteiger partial charge in [0.2, 0.25) is 5.95 Å². The van der Waals surface area contributed by atoms with Crippen molar-refractivity contribution >= 4 is 12.0 Å². The standard InChI is InChI=1S/C19H23FN4O2/c1-14-17(20)16(12-23-18-21-9-5-10-22-18)8-11-24(14)19(25)26-13-15-6-3-2-4-7-15/h2-7,9-10,14,16-17H,8,11-13H2,1H3,(H,21,22,23). The fraction of sp³-hybridized carbons (Fsp3) is 0.421. The molecule has 7 heteroatoms. The normalized spacial score (nSPS) is 22.7. The third-order valence-electron chi connectivity index (χ3n) is 4.67. The van der Waals surface area contributed by atoms with Crippen LogP contribution in [0.15, 0.2) is 48.8 Å². The molecule has 138 valence electrons. The minimum atomic E-state index is -1.13. The Hall–Kier alpha value is -2.70. The molecular formula is C19H23FN4O2. The Balaban J connectivity index is 1.50. The average molecular weight is 358 g/mol. The van der Waals surface area contributed by atoms with Crippen LogP contribution >= 0.6 is 0 Å². The molecule has 0 spiro atoms. The number of hydrogen-bond donors (Lipinski definition) is 1. The number of piperidine rings is 1. The number of anilines is 1. The van der Waals surface area contributed by atoms with E-state index in [9.17, 15) is 9.18 Å². The number of nitrogens with one attached hydrogen (secondary N) is 1. The van der Waals surface area contributed by atoms with Crippen LogP contribution in [-0.2, 0) is 11.3 Å². The van der Waals surface area contributed by atoms with E-state index >= 15 is 0 Å². The number of alkyl halides is 1. The zero-order valence-electron chi connectivity index (χ0n) is 14.7. The van der Waals surface area contributed by atoms with Crippen molar-refractivity contribution in [1.29, 1.82) is 0 Å². The van der Waals surface area contributed by atoms with E-state index in [2.05, 4.69) is 15.3 Å². The van der Waals surface area contributed by atoms with E-state index < -0.39 is 18.3 Å². The molecule has 26 heavy (non-hydrogen) atoms. The van der Waals surface area contributed by atoms with Gasteiger partial charge in [0.1, 0.15) is 12.8 Å². The van der Waals surface area contributed by atoms with E-state index in [4.69, 9.17) is 4.74 Å². The molecule has 1 aliphatic rings. The predicted octanol–water partition coefficient (Wildman–Crippen LogP) is 3.27.